The Kier molecular flexibility index (Phi) is 3.82. The zero-order chi connectivity index (χ0) is 13.1. The van der Waals surface area contributed by atoms with E-state index < -0.39 is 24.5 Å². The number of carbonyl (C=O) groups excluding carboxylic acids is 1. The summed E-state index contributed by atoms with van der Waals surface area (Å²) in [7, 11) is 1.32. The number of alkyl halides is 3. The summed E-state index contributed by atoms with van der Waals surface area (Å²) < 4.78 is 44.2. The number of ether oxygens (including phenoxy) is 2. The molecule has 94 valence electrons. The second kappa shape index (κ2) is 4.94. The topological polar surface area (TPSA) is 55.8 Å². The van der Waals surface area contributed by atoms with Gasteiger partial charge < -0.3 is 14.6 Å². The Morgan fingerprint density at radius 3 is 2.59 bits per heavy atom. The van der Waals surface area contributed by atoms with E-state index in [0.717, 1.165) is 12.1 Å². The first-order chi connectivity index (χ1) is 7.83. The van der Waals surface area contributed by atoms with Crippen LogP contribution in [0, 0.1) is 0 Å². The molecule has 0 amide bonds. The van der Waals surface area contributed by atoms with E-state index in [2.05, 4.69) is 4.74 Å². The van der Waals surface area contributed by atoms with E-state index in [1.807, 2.05) is 0 Å². The van der Waals surface area contributed by atoms with Crippen LogP contribution in [0.2, 0.25) is 0 Å². The smallest absolute Gasteiger partial charge is 0.422 e. The summed E-state index contributed by atoms with van der Waals surface area (Å²) in [5.74, 6) is -1.52. The Labute approximate surface area is 94.6 Å². The number of hydrogen-bond acceptors (Lipinski definition) is 4. The Bertz CT molecular complexity index is 415. The number of phenolic OH excluding ortho intramolecular Hbond substituents is 1. The molecule has 0 saturated carbocycles. The molecule has 0 aliphatic heterocycles. The van der Waals surface area contributed by atoms with Crippen LogP contribution in [0.25, 0.3) is 0 Å². The van der Waals surface area contributed by atoms with Gasteiger partial charge in [-0.15, -0.1) is 0 Å². The second-order valence-corrected chi connectivity index (χ2v) is 3.07. The van der Waals surface area contributed by atoms with Gasteiger partial charge in [-0.05, 0) is 18.2 Å². The molecule has 0 atom stereocenters. The maximum absolute atomic E-state index is 11.8. The lowest BCUT2D eigenvalue weighted by molar-refractivity contribution is -0.161. The van der Waals surface area contributed by atoms with Crippen molar-refractivity contribution in [3.63, 3.8) is 0 Å². The maximum atomic E-state index is 11.8. The zero-order valence-corrected chi connectivity index (χ0v) is 8.75. The van der Waals surface area contributed by atoms with Crippen LogP contribution in [0.1, 0.15) is 10.4 Å². The average Bonchev–Trinajstić information content (AvgIpc) is 2.25. The molecule has 0 radical (unpaired) electrons. The van der Waals surface area contributed by atoms with Crippen LogP contribution in [-0.2, 0) is 4.74 Å². The highest BCUT2D eigenvalue weighted by Crippen LogP contribution is 2.24. The van der Waals surface area contributed by atoms with Gasteiger partial charge in [-0.3, -0.25) is 0 Å². The van der Waals surface area contributed by atoms with Gasteiger partial charge in [-0.25, -0.2) is 4.79 Å². The van der Waals surface area contributed by atoms with E-state index in [-0.39, 0.29) is 11.3 Å². The molecule has 0 spiro atoms. The van der Waals surface area contributed by atoms with Gasteiger partial charge in [-0.2, -0.15) is 13.2 Å². The van der Waals surface area contributed by atoms with Crippen molar-refractivity contribution in [2.45, 2.75) is 6.18 Å². The highest BCUT2D eigenvalue weighted by atomic mass is 19.4. The number of phenols is 1. The number of esters is 1. The van der Waals surface area contributed by atoms with E-state index in [1.165, 1.54) is 13.2 Å². The van der Waals surface area contributed by atoms with Crippen molar-refractivity contribution in [2.24, 2.45) is 0 Å². The third-order valence-corrected chi connectivity index (χ3v) is 1.79. The molecule has 0 aliphatic carbocycles. The predicted molar refractivity (Wildman–Crippen MR) is 51.0 cm³/mol. The summed E-state index contributed by atoms with van der Waals surface area (Å²) in [5, 5.41) is 9.29. The molecule has 0 bridgehead atoms. The van der Waals surface area contributed by atoms with Crippen LogP contribution < -0.4 is 4.74 Å². The van der Waals surface area contributed by atoms with E-state index in [9.17, 15) is 23.1 Å². The van der Waals surface area contributed by atoms with Crippen LogP contribution in [0.15, 0.2) is 18.2 Å². The standard InChI is InChI=1S/C10H9F3O4/c1-16-6-2-3-8(14)7(4-6)9(15)17-5-10(11,12)13/h2-4,14H,5H2,1H3. The highest BCUT2D eigenvalue weighted by Gasteiger charge is 2.30. The third kappa shape index (κ3) is 3.86. The predicted octanol–water partition coefficient (Wildman–Crippen LogP) is 2.12. The quantitative estimate of drug-likeness (QED) is 0.835. The van der Waals surface area contributed by atoms with E-state index in [1.54, 1.807) is 0 Å². The third-order valence-electron chi connectivity index (χ3n) is 1.79. The molecule has 0 saturated heterocycles. The van der Waals surface area contributed by atoms with Gasteiger partial charge in [0.1, 0.15) is 17.1 Å². The largest absolute Gasteiger partial charge is 0.507 e. The number of aromatic hydroxyl groups is 1. The Hall–Kier alpha value is -1.92. The van der Waals surface area contributed by atoms with Crippen LogP contribution in [0.3, 0.4) is 0 Å². The lowest BCUT2D eigenvalue weighted by atomic mass is 10.2. The maximum Gasteiger partial charge on any atom is 0.422 e. The Balaban J connectivity index is 2.81. The number of carbonyl (C=O) groups is 1. The van der Waals surface area contributed by atoms with Crippen LogP contribution in [-0.4, -0.2) is 31.0 Å². The minimum atomic E-state index is -4.61. The van der Waals surface area contributed by atoms with Gasteiger partial charge in [0.2, 0.25) is 0 Å². The number of halogens is 3. The van der Waals surface area contributed by atoms with Crippen molar-refractivity contribution in [3.8, 4) is 11.5 Å². The molecule has 0 aliphatic rings. The lowest BCUT2D eigenvalue weighted by Gasteiger charge is -2.09. The van der Waals surface area contributed by atoms with E-state index >= 15 is 0 Å². The van der Waals surface area contributed by atoms with Gasteiger partial charge in [0.15, 0.2) is 6.61 Å². The normalized spacial score (nSPS) is 11.1. The fraction of sp³-hybridized carbons (Fsp3) is 0.300. The molecule has 1 aromatic rings. The van der Waals surface area contributed by atoms with Crippen molar-refractivity contribution in [2.75, 3.05) is 13.7 Å². The molecule has 1 rings (SSSR count). The van der Waals surface area contributed by atoms with Crippen molar-refractivity contribution in [3.05, 3.63) is 23.8 Å². The van der Waals surface area contributed by atoms with Gasteiger partial charge in [0, 0.05) is 0 Å². The van der Waals surface area contributed by atoms with Gasteiger partial charge in [0.25, 0.3) is 0 Å². The molecule has 1 N–H and O–H groups in total. The van der Waals surface area contributed by atoms with Crippen molar-refractivity contribution in [1.82, 2.24) is 0 Å². The number of hydrogen-bond donors (Lipinski definition) is 1. The molecule has 1 aromatic carbocycles. The fourth-order valence-electron chi connectivity index (χ4n) is 1.03. The Morgan fingerprint density at radius 2 is 2.06 bits per heavy atom. The summed E-state index contributed by atoms with van der Waals surface area (Å²) in [6.07, 6.45) is -4.61. The average molecular weight is 250 g/mol. The van der Waals surface area contributed by atoms with Crippen molar-refractivity contribution in [1.29, 1.82) is 0 Å². The van der Waals surface area contributed by atoms with Crippen molar-refractivity contribution >= 4 is 5.97 Å². The first-order valence-corrected chi connectivity index (χ1v) is 4.44. The SMILES string of the molecule is COc1ccc(O)c(C(=O)OCC(F)(F)F)c1. The molecular formula is C10H9F3O4. The molecule has 0 heterocycles. The minimum Gasteiger partial charge on any atom is -0.507 e. The summed E-state index contributed by atoms with van der Waals surface area (Å²) >= 11 is 0. The summed E-state index contributed by atoms with van der Waals surface area (Å²) in [6, 6.07) is 3.58. The number of rotatable bonds is 3. The lowest BCUT2D eigenvalue weighted by Crippen LogP contribution is -2.20. The number of methoxy groups -OCH3 is 1. The highest BCUT2D eigenvalue weighted by molar-refractivity contribution is 5.92. The Morgan fingerprint density at radius 1 is 1.41 bits per heavy atom. The molecular weight excluding hydrogens is 241 g/mol. The molecule has 7 heteroatoms. The van der Waals surface area contributed by atoms with Crippen LogP contribution in [0.4, 0.5) is 13.2 Å². The van der Waals surface area contributed by atoms with Crippen LogP contribution >= 0.6 is 0 Å². The van der Waals surface area contributed by atoms with Gasteiger partial charge >= 0.3 is 12.1 Å². The van der Waals surface area contributed by atoms with Gasteiger partial charge in [-0.1, -0.05) is 0 Å². The fourth-order valence-corrected chi connectivity index (χ4v) is 1.03. The summed E-state index contributed by atoms with van der Waals surface area (Å²) in [6.45, 7) is -1.71. The molecule has 0 unspecified atom stereocenters. The van der Waals surface area contributed by atoms with Crippen LogP contribution in [0.5, 0.6) is 11.5 Å². The summed E-state index contributed by atoms with van der Waals surface area (Å²) in [5.41, 5.74) is -0.381. The zero-order valence-electron chi connectivity index (χ0n) is 8.75. The first kappa shape index (κ1) is 13.1. The monoisotopic (exact) mass is 250 g/mol. The first-order valence-electron chi connectivity index (χ1n) is 4.44. The van der Waals surface area contributed by atoms with E-state index in [4.69, 9.17) is 4.74 Å². The number of benzene rings is 1. The molecule has 0 aromatic heterocycles. The van der Waals surface area contributed by atoms with E-state index in [0.29, 0.717) is 0 Å². The van der Waals surface area contributed by atoms with Crippen molar-refractivity contribution < 1.29 is 32.5 Å². The summed E-state index contributed by atoms with van der Waals surface area (Å²) in [4.78, 5) is 11.2. The minimum absolute atomic E-state index is 0.224. The molecule has 0 fully saturated rings. The molecule has 17 heavy (non-hydrogen) atoms. The van der Waals surface area contributed by atoms with Gasteiger partial charge in [0.05, 0.1) is 7.11 Å². The second-order valence-electron chi connectivity index (χ2n) is 3.07. The molecule has 4 nitrogen and oxygen atoms in total.